The second-order valence-electron chi connectivity index (χ2n) is 9.13. The van der Waals surface area contributed by atoms with Gasteiger partial charge in [0.2, 0.25) is 0 Å². The van der Waals surface area contributed by atoms with Crippen LogP contribution in [0.3, 0.4) is 0 Å². The number of aryl methyl sites for hydroxylation is 1. The van der Waals surface area contributed by atoms with E-state index in [-0.39, 0.29) is 30.1 Å². The lowest BCUT2D eigenvalue weighted by Crippen LogP contribution is -2.14. The maximum absolute atomic E-state index is 13.4. The predicted octanol–water partition coefficient (Wildman–Crippen LogP) is 8.01. The van der Waals surface area contributed by atoms with Crippen LogP contribution >= 0.6 is 0 Å². The number of halogens is 2. The maximum atomic E-state index is 13.4. The molecule has 3 nitrogen and oxygen atoms in total. The lowest BCUT2D eigenvalue weighted by Gasteiger charge is -2.29. The van der Waals surface area contributed by atoms with Gasteiger partial charge in [0.1, 0.15) is 17.1 Å². The van der Waals surface area contributed by atoms with Crippen LogP contribution in [0.15, 0.2) is 36.4 Å². The lowest BCUT2D eigenvalue weighted by atomic mass is 9.77. The van der Waals surface area contributed by atoms with Crippen molar-refractivity contribution >= 4 is 5.78 Å². The fourth-order valence-corrected chi connectivity index (χ4v) is 5.02. The van der Waals surface area contributed by atoms with E-state index in [1.807, 2.05) is 0 Å². The van der Waals surface area contributed by atoms with E-state index in [0.717, 1.165) is 25.7 Å². The average Bonchev–Trinajstić information content (AvgIpc) is 2.80. The highest BCUT2D eigenvalue weighted by atomic mass is 19.3. The fourth-order valence-electron chi connectivity index (χ4n) is 5.02. The first kappa shape index (κ1) is 25.2. The van der Waals surface area contributed by atoms with Gasteiger partial charge in [-0.3, -0.25) is 4.79 Å². The largest absolute Gasteiger partial charge is 0.507 e. The van der Waals surface area contributed by atoms with Gasteiger partial charge >= 0.3 is 0 Å². The van der Waals surface area contributed by atoms with Crippen molar-refractivity contribution in [2.75, 3.05) is 6.61 Å². The highest BCUT2D eigenvalue weighted by molar-refractivity contribution is 5.99. The van der Waals surface area contributed by atoms with Crippen LogP contribution in [-0.2, 0) is 6.42 Å². The van der Waals surface area contributed by atoms with Crippen molar-refractivity contribution in [3.63, 3.8) is 0 Å². The lowest BCUT2D eigenvalue weighted by molar-refractivity contribution is 0.0972. The number of alkyl halides is 2. The molecule has 1 aliphatic carbocycles. The molecule has 0 aliphatic heterocycles. The molecule has 1 fully saturated rings. The van der Waals surface area contributed by atoms with Crippen molar-refractivity contribution in [2.24, 2.45) is 5.92 Å². The van der Waals surface area contributed by atoms with Crippen LogP contribution in [0.4, 0.5) is 8.78 Å². The van der Waals surface area contributed by atoms with Crippen molar-refractivity contribution in [1.82, 2.24) is 0 Å². The Morgan fingerprint density at radius 2 is 1.76 bits per heavy atom. The molecule has 5 heteroatoms. The number of phenolic OH excluding ortho intramolecular Hbond substituents is 1. The van der Waals surface area contributed by atoms with Crippen LogP contribution in [0.5, 0.6) is 11.5 Å². The number of phenols is 1. The Labute approximate surface area is 196 Å². The Balaban J connectivity index is 1.48. The number of rotatable bonds is 11. The Morgan fingerprint density at radius 3 is 2.36 bits per heavy atom. The number of carbonyl (C=O) groups excluding carboxylic acids is 1. The van der Waals surface area contributed by atoms with Gasteiger partial charge in [0, 0.05) is 6.42 Å². The van der Waals surface area contributed by atoms with E-state index in [0.29, 0.717) is 18.3 Å². The third-order valence-electron chi connectivity index (χ3n) is 6.85. The summed E-state index contributed by atoms with van der Waals surface area (Å²) < 4.78 is 32.0. The first-order valence-electron chi connectivity index (χ1n) is 12.3. The number of ether oxygens (including phenoxy) is 1. The van der Waals surface area contributed by atoms with Gasteiger partial charge in [0.15, 0.2) is 5.78 Å². The standard InChI is InChI=1S/C28H36F2O3/c1-3-6-19-9-13-21(14-10-19)22-15-11-20(12-16-22)7-5-8-24(31)23-17-18-25(33-4-2)26(27(23)32)28(29)30/h9-10,13-14,17-18,20,22,28,32H,3-8,11-12,15-16H2,1-2H3. The highest BCUT2D eigenvalue weighted by Gasteiger charge is 2.25. The van der Waals surface area contributed by atoms with Crippen molar-refractivity contribution in [1.29, 1.82) is 0 Å². The Hall–Kier alpha value is -2.43. The molecular formula is C28H36F2O3. The van der Waals surface area contributed by atoms with E-state index in [1.54, 1.807) is 6.92 Å². The van der Waals surface area contributed by atoms with E-state index in [9.17, 15) is 18.7 Å². The second kappa shape index (κ2) is 12.2. The minimum atomic E-state index is -2.91. The summed E-state index contributed by atoms with van der Waals surface area (Å²) in [5, 5.41) is 10.3. The van der Waals surface area contributed by atoms with E-state index in [1.165, 1.54) is 42.5 Å². The van der Waals surface area contributed by atoms with E-state index < -0.39 is 17.7 Å². The van der Waals surface area contributed by atoms with Gasteiger partial charge in [-0.1, -0.05) is 44.0 Å². The topological polar surface area (TPSA) is 46.5 Å². The zero-order valence-electron chi connectivity index (χ0n) is 19.8. The molecule has 1 aliphatic rings. The van der Waals surface area contributed by atoms with Gasteiger partial charge < -0.3 is 9.84 Å². The zero-order chi connectivity index (χ0) is 23.8. The smallest absolute Gasteiger partial charge is 0.271 e. The van der Waals surface area contributed by atoms with E-state index >= 15 is 0 Å². The Kier molecular flexibility index (Phi) is 9.28. The fraction of sp³-hybridized carbons (Fsp3) is 0.536. The molecule has 0 radical (unpaired) electrons. The summed E-state index contributed by atoms with van der Waals surface area (Å²) in [5.41, 5.74) is 2.20. The van der Waals surface area contributed by atoms with Gasteiger partial charge in [0.05, 0.1) is 12.2 Å². The summed E-state index contributed by atoms with van der Waals surface area (Å²) in [6, 6.07) is 11.8. The number of aromatic hydroxyl groups is 1. The highest BCUT2D eigenvalue weighted by Crippen LogP contribution is 2.40. The molecule has 0 saturated heterocycles. The summed E-state index contributed by atoms with van der Waals surface area (Å²) in [4.78, 5) is 12.6. The number of ketones is 1. The van der Waals surface area contributed by atoms with Crippen LogP contribution < -0.4 is 4.74 Å². The first-order chi connectivity index (χ1) is 15.9. The first-order valence-corrected chi connectivity index (χ1v) is 12.3. The van der Waals surface area contributed by atoms with Gasteiger partial charge in [-0.15, -0.1) is 0 Å². The molecular weight excluding hydrogens is 422 g/mol. The SMILES string of the molecule is CCCc1ccc(C2CCC(CCCC(=O)c3ccc(OCC)c(C(F)F)c3O)CC2)cc1. The minimum absolute atomic E-state index is 0.0380. The molecule has 0 bridgehead atoms. The molecule has 1 N–H and O–H groups in total. The monoisotopic (exact) mass is 458 g/mol. The van der Waals surface area contributed by atoms with Crippen molar-refractivity contribution in [2.45, 2.75) is 84.0 Å². The molecule has 33 heavy (non-hydrogen) atoms. The number of carbonyl (C=O) groups is 1. The third kappa shape index (κ3) is 6.55. The van der Waals surface area contributed by atoms with Crippen LogP contribution in [0.25, 0.3) is 0 Å². The van der Waals surface area contributed by atoms with Gasteiger partial charge in [-0.25, -0.2) is 8.78 Å². The molecule has 0 amide bonds. The summed E-state index contributed by atoms with van der Waals surface area (Å²) in [6.07, 6.45) is 5.94. The van der Waals surface area contributed by atoms with Crippen LogP contribution in [0.1, 0.15) is 105 Å². The molecule has 2 aromatic rings. The summed E-state index contributed by atoms with van der Waals surface area (Å²) in [5.74, 6) is 0.203. The molecule has 0 heterocycles. The summed E-state index contributed by atoms with van der Waals surface area (Å²) in [7, 11) is 0. The summed E-state index contributed by atoms with van der Waals surface area (Å²) in [6.45, 7) is 4.09. The number of benzene rings is 2. The average molecular weight is 459 g/mol. The molecule has 0 atom stereocenters. The third-order valence-corrected chi connectivity index (χ3v) is 6.85. The van der Waals surface area contributed by atoms with Crippen molar-refractivity contribution < 1.29 is 23.4 Å². The normalized spacial score (nSPS) is 18.5. The van der Waals surface area contributed by atoms with E-state index in [2.05, 4.69) is 31.2 Å². The Bertz CT molecular complexity index is 900. The van der Waals surface area contributed by atoms with Crippen molar-refractivity contribution in [3.8, 4) is 11.5 Å². The van der Waals surface area contributed by atoms with E-state index in [4.69, 9.17) is 4.74 Å². The second-order valence-corrected chi connectivity index (χ2v) is 9.13. The Morgan fingerprint density at radius 1 is 1.06 bits per heavy atom. The maximum Gasteiger partial charge on any atom is 0.271 e. The number of Topliss-reactive ketones (excluding diaryl/α,β-unsaturated/α-hetero) is 1. The van der Waals surface area contributed by atoms with Crippen molar-refractivity contribution in [3.05, 3.63) is 58.7 Å². The molecule has 0 aromatic heterocycles. The minimum Gasteiger partial charge on any atom is -0.507 e. The molecule has 180 valence electrons. The molecule has 1 saturated carbocycles. The number of hydrogen-bond donors (Lipinski definition) is 1. The molecule has 0 spiro atoms. The zero-order valence-corrected chi connectivity index (χ0v) is 19.8. The van der Waals surface area contributed by atoms with Gasteiger partial charge in [-0.05, 0) is 80.5 Å². The van der Waals surface area contributed by atoms with Gasteiger partial charge in [0.25, 0.3) is 6.43 Å². The predicted molar refractivity (Wildman–Crippen MR) is 128 cm³/mol. The van der Waals surface area contributed by atoms with Gasteiger partial charge in [-0.2, -0.15) is 0 Å². The quantitative estimate of drug-likeness (QED) is 0.347. The van der Waals surface area contributed by atoms with Crippen LogP contribution in [-0.4, -0.2) is 17.5 Å². The van der Waals surface area contributed by atoms with Crippen LogP contribution in [0.2, 0.25) is 0 Å². The summed E-state index contributed by atoms with van der Waals surface area (Å²) >= 11 is 0. The molecule has 3 rings (SSSR count). The number of hydrogen-bond acceptors (Lipinski definition) is 3. The van der Waals surface area contributed by atoms with Crippen LogP contribution in [0, 0.1) is 5.92 Å². The molecule has 0 unspecified atom stereocenters. The molecule has 2 aromatic carbocycles.